The number of Topliss-reactive ketones (excluding diaryl/α,β-unsaturated/α-hetero) is 1. The molecule has 104 valence electrons. The van der Waals surface area contributed by atoms with Gasteiger partial charge in [0.05, 0.1) is 18.2 Å². The highest BCUT2D eigenvalue weighted by Crippen LogP contribution is 2.36. The Morgan fingerprint density at radius 1 is 1.50 bits per heavy atom. The lowest BCUT2D eigenvalue weighted by Crippen LogP contribution is -2.20. The van der Waals surface area contributed by atoms with Crippen molar-refractivity contribution in [2.24, 2.45) is 0 Å². The van der Waals surface area contributed by atoms with Crippen molar-refractivity contribution < 1.29 is 9.53 Å². The average molecular weight is 335 g/mol. The number of ether oxygens (including phenoxy) is 1. The predicted molar refractivity (Wildman–Crippen MR) is 79.0 cm³/mol. The Morgan fingerprint density at radius 2 is 2.35 bits per heavy atom. The minimum Gasteiger partial charge on any atom is -0.484 e. The summed E-state index contributed by atoms with van der Waals surface area (Å²) in [5.41, 5.74) is 1.61. The zero-order valence-electron chi connectivity index (χ0n) is 11.2. The molecular formula is C15H15BrN2O2. The van der Waals surface area contributed by atoms with Crippen molar-refractivity contribution in [3.63, 3.8) is 0 Å². The summed E-state index contributed by atoms with van der Waals surface area (Å²) in [6.07, 6.45) is 4.91. The van der Waals surface area contributed by atoms with E-state index in [0.717, 1.165) is 23.0 Å². The van der Waals surface area contributed by atoms with Crippen LogP contribution in [-0.2, 0) is 6.54 Å². The van der Waals surface area contributed by atoms with Crippen LogP contribution in [0.15, 0.2) is 35.1 Å². The van der Waals surface area contributed by atoms with Crippen molar-refractivity contribution in [2.75, 3.05) is 0 Å². The number of aryl methyl sites for hydroxylation is 1. The molecule has 1 aromatic heterocycles. The Balaban J connectivity index is 1.88. The molecule has 1 unspecified atom stereocenters. The van der Waals surface area contributed by atoms with Gasteiger partial charge in [0.15, 0.2) is 5.78 Å². The van der Waals surface area contributed by atoms with E-state index in [9.17, 15) is 4.79 Å². The van der Waals surface area contributed by atoms with Crippen LogP contribution in [0.1, 0.15) is 41.8 Å². The summed E-state index contributed by atoms with van der Waals surface area (Å²) >= 11 is 3.40. The smallest absolute Gasteiger partial charge is 0.170 e. The monoisotopic (exact) mass is 334 g/mol. The zero-order valence-corrected chi connectivity index (χ0v) is 12.8. The Bertz CT molecular complexity index is 651. The van der Waals surface area contributed by atoms with Crippen LogP contribution in [0.4, 0.5) is 0 Å². The highest BCUT2D eigenvalue weighted by atomic mass is 79.9. The SMILES string of the molecule is CCCn1cc(C2CC(=O)c3ccc(Br)cc3O2)cn1. The summed E-state index contributed by atoms with van der Waals surface area (Å²) in [7, 11) is 0. The maximum absolute atomic E-state index is 12.2. The molecule has 1 aliphatic heterocycles. The lowest BCUT2D eigenvalue weighted by molar-refractivity contribution is 0.0850. The molecule has 0 saturated heterocycles. The van der Waals surface area contributed by atoms with Gasteiger partial charge in [0.2, 0.25) is 0 Å². The number of hydrogen-bond acceptors (Lipinski definition) is 3. The van der Waals surface area contributed by atoms with Gasteiger partial charge < -0.3 is 4.74 Å². The van der Waals surface area contributed by atoms with Crippen LogP contribution in [0.25, 0.3) is 0 Å². The Kier molecular flexibility index (Phi) is 3.61. The van der Waals surface area contributed by atoms with Gasteiger partial charge in [-0.25, -0.2) is 0 Å². The van der Waals surface area contributed by atoms with Crippen LogP contribution in [0, 0.1) is 0 Å². The quantitative estimate of drug-likeness (QED) is 0.858. The number of carbonyl (C=O) groups excluding carboxylic acids is 1. The second-order valence-electron chi connectivity index (χ2n) is 4.91. The van der Waals surface area contributed by atoms with E-state index in [1.54, 1.807) is 12.3 Å². The van der Waals surface area contributed by atoms with Crippen molar-refractivity contribution in [1.82, 2.24) is 9.78 Å². The van der Waals surface area contributed by atoms with Gasteiger partial charge in [-0.2, -0.15) is 5.10 Å². The number of fused-ring (bicyclic) bond motifs is 1. The van der Waals surface area contributed by atoms with E-state index in [0.29, 0.717) is 17.7 Å². The first-order chi connectivity index (χ1) is 9.67. The van der Waals surface area contributed by atoms with E-state index in [1.807, 2.05) is 23.0 Å². The van der Waals surface area contributed by atoms with Crippen LogP contribution in [0.3, 0.4) is 0 Å². The van der Waals surface area contributed by atoms with Crippen LogP contribution < -0.4 is 4.74 Å². The Labute approximate surface area is 125 Å². The van der Waals surface area contributed by atoms with Gasteiger partial charge >= 0.3 is 0 Å². The number of rotatable bonds is 3. The number of nitrogens with zero attached hydrogens (tertiary/aromatic N) is 2. The fourth-order valence-corrected chi connectivity index (χ4v) is 2.72. The fourth-order valence-electron chi connectivity index (χ4n) is 2.38. The molecule has 2 heterocycles. The maximum atomic E-state index is 12.2. The molecule has 0 bridgehead atoms. The maximum Gasteiger partial charge on any atom is 0.170 e. The third-order valence-electron chi connectivity index (χ3n) is 3.36. The molecule has 0 fully saturated rings. The van der Waals surface area contributed by atoms with Crippen LogP contribution in [0.2, 0.25) is 0 Å². The first-order valence-corrected chi connectivity index (χ1v) is 7.48. The van der Waals surface area contributed by atoms with Gasteiger partial charge in [0, 0.05) is 22.8 Å². The van der Waals surface area contributed by atoms with Crippen molar-refractivity contribution in [2.45, 2.75) is 32.4 Å². The molecule has 0 saturated carbocycles. The fraction of sp³-hybridized carbons (Fsp3) is 0.333. The highest BCUT2D eigenvalue weighted by molar-refractivity contribution is 9.10. The van der Waals surface area contributed by atoms with Gasteiger partial charge in [0.25, 0.3) is 0 Å². The molecular weight excluding hydrogens is 320 g/mol. The summed E-state index contributed by atoms with van der Waals surface area (Å²) in [6, 6.07) is 5.51. The summed E-state index contributed by atoms with van der Waals surface area (Å²) < 4.78 is 8.75. The molecule has 5 heteroatoms. The number of ketones is 1. The van der Waals surface area contributed by atoms with Gasteiger partial charge in [0.1, 0.15) is 11.9 Å². The third-order valence-corrected chi connectivity index (χ3v) is 3.86. The summed E-state index contributed by atoms with van der Waals surface area (Å²) in [6.45, 7) is 2.98. The van der Waals surface area contributed by atoms with Crippen LogP contribution in [-0.4, -0.2) is 15.6 Å². The van der Waals surface area contributed by atoms with Crippen LogP contribution in [0.5, 0.6) is 5.75 Å². The van der Waals surface area contributed by atoms with E-state index in [1.165, 1.54) is 0 Å². The van der Waals surface area contributed by atoms with Crippen LogP contribution >= 0.6 is 15.9 Å². The molecule has 20 heavy (non-hydrogen) atoms. The highest BCUT2D eigenvalue weighted by Gasteiger charge is 2.28. The number of halogens is 1. The molecule has 2 aromatic rings. The first kappa shape index (κ1) is 13.4. The lowest BCUT2D eigenvalue weighted by atomic mass is 9.98. The molecule has 0 N–H and O–H groups in total. The summed E-state index contributed by atoms with van der Waals surface area (Å²) in [5, 5.41) is 4.30. The topological polar surface area (TPSA) is 44.1 Å². The number of hydrogen-bond donors (Lipinski definition) is 0. The van der Waals surface area contributed by atoms with Gasteiger partial charge in [-0.15, -0.1) is 0 Å². The van der Waals surface area contributed by atoms with Gasteiger partial charge in [-0.3, -0.25) is 9.48 Å². The second-order valence-corrected chi connectivity index (χ2v) is 5.83. The molecule has 1 aliphatic rings. The standard InChI is InChI=1S/C15H15BrN2O2/c1-2-5-18-9-10(8-17-18)14-7-13(19)12-4-3-11(16)6-15(12)20-14/h3-4,6,8-9,14H,2,5,7H2,1H3. The lowest BCUT2D eigenvalue weighted by Gasteiger charge is -2.24. The molecule has 4 nitrogen and oxygen atoms in total. The normalized spacial score (nSPS) is 17.7. The number of benzene rings is 1. The molecule has 3 rings (SSSR count). The Hall–Kier alpha value is -1.62. The number of carbonyl (C=O) groups is 1. The average Bonchev–Trinajstić information content (AvgIpc) is 2.87. The van der Waals surface area contributed by atoms with Crippen molar-refractivity contribution in [1.29, 1.82) is 0 Å². The summed E-state index contributed by atoms with van der Waals surface area (Å²) in [4.78, 5) is 12.2. The molecule has 0 spiro atoms. The van der Waals surface area contributed by atoms with Crippen molar-refractivity contribution >= 4 is 21.7 Å². The Morgan fingerprint density at radius 3 is 3.15 bits per heavy atom. The minimum absolute atomic E-state index is 0.118. The zero-order chi connectivity index (χ0) is 14.1. The van der Waals surface area contributed by atoms with E-state index in [4.69, 9.17) is 4.74 Å². The molecule has 0 amide bonds. The van der Waals surface area contributed by atoms with E-state index >= 15 is 0 Å². The molecule has 0 radical (unpaired) electrons. The minimum atomic E-state index is -0.241. The first-order valence-electron chi connectivity index (χ1n) is 6.69. The van der Waals surface area contributed by atoms with E-state index in [-0.39, 0.29) is 11.9 Å². The van der Waals surface area contributed by atoms with E-state index < -0.39 is 0 Å². The van der Waals surface area contributed by atoms with Gasteiger partial charge in [-0.1, -0.05) is 22.9 Å². The molecule has 0 aliphatic carbocycles. The summed E-state index contributed by atoms with van der Waals surface area (Å²) in [5.74, 6) is 0.760. The largest absolute Gasteiger partial charge is 0.484 e. The third kappa shape index (κ3) is 2.50. The second kappa shape index (κ2) is 5.40. The van der Waals surface area contributed by atoms with E-state index in [2.05, 4.69) is 28.0 Å². The predicted octanol–water partition coefficient (Wildman–Crippen LogP) is 3.76. The molecule has 1 atom stereocenters. The van der Waals surface area contributed by atoms with Gasteiger partial charge in [-0.05, 0) is 24.6 Å². The molecule has 1 aromatic carbocycles. The van der Waals surface area contributed by atoms with Crippen molar-refractivity contribution in [3.8, 4) is 5.75 Å². The van der Waals surface area contributed by atoms with Crippen molar-refractivity contribution in [3.05, 3.63) is 46.2 Å². The number of aromatic nitrogens is 2.